The number of non-ortho nitro benzene ring substituents is 1. The molecule has 3 aromatic rings. The van der Waals surface area contributed by atoms with Gasteiger partial charge in [0.25, 0.3) is 11.2 Å². The van der Waals surface area contributed by atoms with E-state index in [4.69, 9.17) is 4.98 Å². The SMILES string of the molecule is Cc1ccc([N+](=O)[O-])cc1NC(=O)Cn1c(C(C)C)nc2sc3c(c2c1=O)CCC(C)C3. The van der Waals surface area contributed by atoms with Gasteiger partial charge in [-0.3, -0.25) is 24.3 Å². The van der Waals surface area contributed by atoms with E-state index in [1.165, 1.54) is 21.6 Å². The van der Waals surface area contributed by atoms with Crippen LogP contribution in [0.3, 0.4) is 0 Å². The van der Waals surface area contributed by atoms with Gasteiger partial charge in [-0.25, -0.2) is 4.98 Å². The highest BCUT2D eigenvalue weighted by Gasteiger charge is 2.26. The Bertz CT molecular complexity index is 1290. The predicted octanol–water partition coefficient (Wildman–Crippen LogP) is 4.56. The largest absolute Gasteiger partial charge is 0.324 e. The van der Waals surface area contributed by atoms with Crippen molar-refractivity contribution in [2.24, 2.45) is 5.92 Å². The molecule has 0 fully saturated rings. The Morgan fingerprint density at radius 3 is 2.84 bits per heavy atom. The summed E-state index contributed by atoms with van der Waals surface area (Å²) in [7, 11) is 0. The van der Waals surface area contributed by atoms with Gasteiger partial charge in [-0.2, -0.15) is 0 Å². The molecule has 8 nitrogen and oxygen atoms in total. The van der Waals surface area contributed by atoms with Crippen molar-refractivity contribution < 1.29 is 9.72 Å². The first-order valence-corrected chi connectivity index (χ1v) is 11.6. The molecule has 1 amide bonds. The van der Waals surface area contributed by atoms with Crippen LogP contribution in [-0.4, -0.2) is 20.4 Å². The summed E-state index contributed by atoms with van der Waals surface area (Å²) in [5, 5.41) is 14.5. The van der Waals surface area contributed by atoms with Gasteiger partial charge >= 0.3 is 0 Å². The van der Waals surface area contributed by atoms with E-state index >= 15 is 0 Å². The van der Waals surface area contributed by atoms with Gasteiger partial charge in [-0.15, -0.1) is 11.3 Å². The summed E-state index contributed by atoms with van der Waals surface area (Å²) in [6, 6.07) is 4.31. The number of aromatic nitrogens is 2. The summed E-state index contributed by atoms with van der Waals surface area (Å²) in [4.78, 5) is 43.8. The maximum absolute atomic E-state index is 13.5. The molecule has 9 heteroatoms. The molecule has 4 rings (SSSR count). The molecule has 1 aliphatic rings. The van der Waals surface area contributed by atoms with Gasteiger partial charge in [0, 0.05) is 22.9 Å². The van der Waals surface area contributed by atoms with Gasteiger partial charge in [-0.1, -0.05) is 26.8 Å². The Balaban J connectivity index is 1.72. The van der Waals surface area contributed by atoms with E-state index in [0.29, 0.717) is 28.4 Å². The number of carbonyl (C=O) groups excluding carboxylic acids is 1. The van der Waals surface area contributed by atoms with Gasteiger partial charge in [-0.05, 0) is 43.2 Å². The number of thiophene rings is 1. The zero-order chi connectivity index (χ0) is 23.2. The second-order valence-electron chi connectivity index (χ2n) is 8.85. The number of aryl methyl sites for hydroxylation is 2. The minimum Gasteiger partial charge on any atom is -0.324 e. The fourth-order valence-electron chi connectivity index (χ4n) is 4.22. The molecular formula is C23H26N4O4S. The molecule has 168 valence electrons. The molecule has 0 bridgehead atoms. The van der Waals surface area contributed by atoms with Gasteiger partial charge in [0.15, 0.2) is 0 Å². The average Bonchev–Trinajstić information content (AvgIpc) is 3.08. The molecule has 0 spiro atoms. The summed E-state index contributed by atoms with van der Waals surface area (Å²) in [6.07, 6.45) is 2.85. The Morgan fingerprint density at radius 2 is 2.16 bits per heavy atom. The van der Waals surface area contributed by atoms with Crippen LogP contribution in [-0.2, 0) is 24.2 Å². The number of hydrogen-bond acceptors (Lipinski definition) is 6. The van der Waals surface area contributed by atoms with Crippen molar-refractivity contribution in [3.05, 3.63) is 60.5 Å². The number of amides is 1. The van der Waals surface area contributed by atoms with E-state index in [2.05, 4.69) is 12.2 Å². The van der Waals surface area contributed by atoms with Crippen LogP contribution < -0.4 is 10.9 Å². The lowest BCUT2D eigenvalue weighted by atomic mass is 9.89. The predicted molar refractivity (Wildman–Crippen MR) is 126 cm³/mol. The van der Waals surface area contributed by atoms with Crippen LogP contribution in [0.1, 0.15) is 54.9 Å². The van der Waals surface area contributed by atoms with Crippen LogP contribution in [0.4, 0.5) is 11.4 Å². The quantitative estimate of drug-likeness (QED) is 0.449. The molecule has 1 N–H and O–H groups in total. The zero-order valence-electron chi connectivity index (χ0n) is 18.6. The third-order valence-electron chi connectivity index (χ3n) is 5.97. The van der Waals surface area contributed by atoms with E-state index < -0.39 is 10.8 Å². The number of carbonyl (C=O) groups is 1. The molecule has 0 saturated heterocycles. The molecule has 2 heterocycles. The monoisotopic (exact) mass is 454 g/mol. The molecule has 0 saturated carbocycles. The summed E-state index contributed by atoms with van der Waals surface area (Å²) in [6.45, 7) is 7.68. The van der Waals surface area contributed by atoms with Crippen LogP contribution in [0.15, 0.2) is 23.0 Å². The standard InChI is InChI=1S/C23H26N4O4S/c1-12(2)21-25-22-20(16-8-5-13(3)9-18(16)32-22)23(29)26(21)11-19(28)24-17-10-15(27(30)31)7-6-14(17)4/h6-7,10,12-13H,5,8-9,11H2,1-4H3,(H,24,28). The number of nitrogens with one attached hydrogen (secondary N) is 1. The first kappa shape index (κ1) is 22.1. The molecule has 1 unspecified atom stereocenters. The third-order valence-corrected chi connectivity index (χ3v) is 7.12. The first-order chi connectivity index (χ1) is 15.2. The molecular weight excluding hydrogens is 428 g/mol. The van der Waals surface area contributed by atoms with Crippen molar-refractivity contribution in [3.63, 3.8) is 0 Å². The molecule has 32 heavy (non-hydrogen) atoms. The maximum atomic E-state index is 13.5. The Hall–Kier alpha value is -3.07. The smallest absolute Gasteiger partial charge is 0.271 e. The number of fused-ring (bicyclic) bond motifs is 3. The van der Waals surface area contributed by atoms with Crippen LogP contribution >= 0.6 is 11.3 Å². The molecule has 1 aromatic carbocycles. The maximum Gasteiger partial charge on any atom is 0.271 e. The molecule has 0 radical (unpaired) electrons. The number of nitrogens with zero attached hydrogens (tertiary/aromatic N) is 3. The number of benzene rings is 1. The van der Waals surface area contributed by atoms with Crippen LogP contribution in [0.25, 0.3) is 10.2 Å². The van der Waals surface area contributed by atoms with Crippen molar-refractivity contribution in [2.45, 2.75) is 59.4 Å². The minimum absolute atomic E-state index is 0.0440. The highest BCUT2D eigenvalue weighted by Crippen LogP contribution is 2.36. The summed E-state index contributed by atoms with van der Waals surface area (Å²) in [5.74, 6) is 0.695. The molecule has 1 aliphatic carbocycles. The topological polar surface area (TPSA) is 107 Å². The van der Waals surface area contributed by atoms with Gasteiger partial charge in [0.1, 0.15) is 17.2 Å². The lowest BCUT2D eigenvalue weighted by Gasteiger charge is -2.18. The summed E-state index contributed by atoms with van der Waals surface area (Å²) < 4.78 is 1.46. The van der Waals surface area contributed by atoms with E-state index in [1.54, 1.807) is 24.3 Å². The number of rotatable bonds is 5. The molecule has 1 atom stereocenters. The molecule has 0 aliphatic heterocycles. The van der Waals surface area contributed by atoms with Crippen molar-refractivity contribution in [1.82, 2.24) is 9.55 Å². The van der Waals surface area contributed by atoms with E-state index in [-0.39, 0.29) is 23.7 Å². The number of nitro benzene ring substituents is 1. The van der Waals surface area contributed by atoms with Gasteiger partial charge < -0.3 is 5.32 Å². The fourth-order valence-corrected chi connectivity index (χ4v) is 5.60. The number of hydrogen-bond donors (Lipinski definition) is 1. The Morgan fingerprint density at radius 1 is 1.41 bits per heavy atom. The summed E-state index contributed by atoms with van der Waals surface area (Å²) in [5.41, 5.74) is 1.86. The fraction of sp³-hybridized carbons (Fsp3) is 0.435. The summed E-state index contributed by atoms with van der Waals surface area (Å²) >= 11 is 1.60. The van der Waals surface area contributed by atoms with Crippen molar-refractivity contribution >= 4 is 38.8 Å². The van der Waals surface area contributed by atoms with Gasteiger partial charge in [0.05, 0.1) is 16.0 Å². The van der Waals surface area contributed by atoms with Gasteiger partial charge in [0.2, 0.25) is 5.91 Å². The third kappa shape index (κ3) is 4.04. The lowest BCUT2D eigenvalue weighted by molar-refractivity contribution is -0.384. The number of nitro groups is 1. The van der Waals surface area contributed by atoms with Crippen molar-refractivity contribution in [3.8, 4) is 0 Å². The Labute approximate surface area is 189 Å². The van der Waals surface area contributed by atoms with E-state index in [0.717, 1.165) is 29.7 Å². The van der Waals surface area contributed by atoms with Crippen LogP contribution in [0.2, 0.25) is 0 Å². The van der Waals surface area contributed by atoms with E-state index in [9.17, 15) is 19.7 Å². The highest BCUT2D eigenvalue weighted by atomic mass is 32.1. The first-order valence-electron chi connectivity index (χ1n) is 10.8. The lowest BCUT2D eigenvalue weighted by Crippen LogP contribution is -2.32. The Kier molecular flexibility index (Phi) is 5.85. The highest BCUT2D eigenvalue weighted by molar-refractivity contribution is 7.18. The van der Waals surface area contributed by atoms with E-state index in [1.807, 2.05) is 13.8 Å². The molecule has 2 aromatic heterocycles. The van der Waals surface area contributed by atoms with Crippen molar-refractivity contribution in [1.29, 1.82) is 0 Å². The van der Waals surface area contributed by atoms with Crippen molar-refractivity contribution in [2.75, 3.05) is 5.32 Å². The zero-order valence-corrected chi connectivity index (χ0v) is 19.4. The van der Waals surface area contributed by atoms with Crippen LogP contribution in [0.5, 0.6) is 0 Å². The number of anilines is 1. The average molecular weight is 455 g/mol. The normalized spacial score (nSPS) is 15.7. The second-order valence-corrected chi connectivity index (χ2v) is 9.94. The minimum atomic E-state index is -0.505. The second kappa shape index (κ2) is 8.46. The van der Waals surface area contributed by atoms with Crippen LogP contribution in [0, 0.1) is 23.0 Å².